The van der Waals surface area contributed by atoms with Gasteiger partial charge in [-0.3, -0.25) is 4.84 Å². The van der Waals surface area contributed by atoms with E-state index in [9.17, 15) is 18.0 Å². The Morgan fingerprint density at radius 2 is 2.00 bits per heavy atom. The van der Waals surface area contributed by atoms with Gasteiger partial charge in [-0.15, -0.1) is 0 Å². The molecular weight excluding hydrogens is 317 g/mol. The number of carbonyl (C=O) groups is 1. The first-order valence-corrected chi connectivity index (χ1v) is 6.35. The lowest BCUT2D eigenvalue weighted by Crippen LogP contribution is -2.36. The first-order valence-electron chi connectivity index (χ1n) is 6.35. The number of hydroxylamine groups is 1. The summed E-state index contributed by atoms with van der Waals surface area (Å²) in [5.41, 5.74) is 3.31. The third kappa shape index (κ3) is 4.19. The highest BCUT2D eigenvalue weighted by atomic mass is 19.4. The zero-order valence-corrected chi connectivity index (χ0v) is 12.2. The van der Waals surface area contributed by atoms with Crippen molar-refractivity contribution in [1.82, 2.24) is 20.5 Å². The number of urea groups is 1. The standard InChI is InChI=1S/C13H13F3N4O3/c1-20(12(21)19-22-2)7-8-3-5-9(6-4-8)10-17-11(23-18-10)13(14,15)16/h3-6H,7H2,1-2H3,(H,19,21). The van der Waals surface area contributed by atoms with E-state index in [1.807, 2.05) is 0 Å². The van der Waals surface area contributed by atoms with Crippen LogP contribution in [0, 0.1) is 0 Å². The molecule has 2 amide bonds. The number of nitrogens with zero attached hydrogens (tertiary/aromatic N) is 3. The third-order valence-electron chi connectivity index (χ3n) is 2.84. The van der Waals surface area contributed by atoms with E-state index in [0.29, 0.717) is 5.56 Å². The van der Waals surface area contributed by atoms with Gasteiger partial charge in [-0.1, -0.05) is 29.4 Å². The van der Waals surface area contributed by atoms with Gasteiger partial charge in [-0.05, 0) is 5.56 Å². The summed E-state index contributed by atoms with van der Waals surface area (Å²) in [6.07, 6.45) is -4.68. The fourth-order valence-electron chi connectivity index (χ4n) is 1.73. The monoisotopic (exact) mass is 330 g/mol. The number of hydrogen-bond donors (Lipinski definition) is 1. The molecule has 0 aliphatic heterocycles. The second-order valence-corrected chi connectivity index (χ2v) is 4.59. The van der Waals surface area contributed by atoms with Gasteiger partial charge >= 0.3 is 18.1 Å². The largest absolute Gasteiger partial charge is 0.471 e. The maximum atomic E-state index is 12.4. The molecule has 124 valence electrons. The van der Waals surface area contributed by atoms with Gasteiger partial charge in [0.1, 0.15) is 0 Å². The van der Waals surface area contributed by atoms with Crippen LogP contribution in [0.15, 0.2) is 28.8 Å². The number of nitrogens with one attached hydrogen (secondary N) is 1. The van der Waals surface area contributed by atoms with Crippen molar-refractivity contribution in [2.45, 2.75) is 12.7 Å². The molecule has 0 radical (unpaired) electrons. The van der Waals surface area contributed by atoms with Crippen LogP contribution in [-0.2, 0) is 17.6 Å². The Morgan fingerprint density at radius 3 is 2.52 bits per heavy atom. The second-order valence-electron chi connectivity index (χ2n) is 4.59. The van der Waals surface area contributed by atoms with Crippen molar-refractivity contribution in [1.29, 1.82) is 0 Å². The van der Waals surface area contributed by atoms with E-state index >= 15 is 0 Å². The zero-order valence-electron chi connectivity index (χ0n) is 12.2. The fraction of sp³-hybridized carbons (Fsp3) is 0.308. The van der Waals surface area contributed by atoms with E-state index in [0.717, 1.165) is 5.56 Å². The number of rotatable bonds is 4. The molecule has 0 unspecified atom stereocenters. The fourth-order valence-corrected chi connectivity index (χ4v) is 1.73. The normalized spacial score (nSPS) is 11.3. The van der Waals surface area contributed by atoms with Crippen LogP contribution in [-0.4, -0.2) is 35.2 Å². The van der Waals surface area contributed by atoms with Crippen molar-refractivity contribution < 1.29 is 27.3 Å². The summed E-state index contributed by atoms with van der Waals surface area (Å²) < 4.78 is 41.4. The molecule has 10 heteroatoms. The smallest absolute Gasteiger partial charge is 0.329 e. The minimum absolute atomic E-state index is 0.158. The van der Waals surface area contributed by atoms with Gasteiger partial charge in [0.15, 0.2) is 0 Å². The lowest BCUT2D eigenvalue weighted by atomic mass is 10.1. The number of aromatic nitrogens is 2. The van der Waals surface area contributed by atoms with E-state index < -0.39 is 18.1 Å². The Bertz CT molecular complexity index is 670. The lowest BCUT2D eigenvalue weighted by Gasteiger charge is -2.16. The quantitative estimate of drug-likeness (QED) is 0.871. The molecule has 2 rings (SSSR count). The molecule has 0 spiro atoms. The SMILES string of the molecule is CONC(=O)N(C)Cc1ccc(-c2noc(C(F)(F)F)n2)cc1. The molecule has 0 aliphatic rings. The summed E-state index contributed by atoms with van der Waals surface area (Å²) in [4.78, 5) is 20.7. The maximum absolute atomic E-state index is 12.4. The Labute approximate surface area is 129 Å². The molecule has 0 saturated carbocycles. The topological polar surface area (TPSA) is 80.5 Å². The van der Waals surface area contributed by atoms with Gasteiger partial charge in [0.25, 0.3) is 0 Å². The molecule has 1 aromatic heterocycles. The highest BCUT2D eigenvalue weighted by molar-refractivity contribution is 5.72. The average molecular weight is 330 g/mol. The van der Waals surface area contributed by atoms with Crippen LogP contribution in [0.3, 0.4) is 0 Å². The van der Waals surface area contributed by atoms with Crippen LogP contribution in [0.2, 0.25) is 0 Å². The number of halogens is 3. The summed E-state index contributed by atoms with van der Waals surface area (Å²) in [6.45, 7) is 0.287. The summed E-state index contributed by atoms with van der Waals surface area (Å²) in [7, 11) is 2.89. The zero-order chi connectivity index (χ0) is 17.0. The molecular formula is C13H13F3N4O3. The number of hydrogen-bond acceptors (Lipinski definition) is 5. The lowest BCUT2D eigenvalue weighted by molar-refractivity contribution is -0.159. The van der Waals surface area contributed by atoms with Gasteiger partial charge in [0, 0.05) is 19.2 Å². The van der Waals surface area contributed by atoms with Crippen molar-refractivity contribution in [2.24, 2.45) is 0 Å². The van der Waals surface area contributed by atoms with Crippen LogP contribution >= 0.6 is 0 Å². The van der Waals surface area contributed by atoms with E-state index in [4.69, 9.17) is 0 Å². The second kappa shape index (κ2) is 6.65. The summed E-state index contributed by atoms with van der Waals surface area (Å²) in [5.74, 6) is -1.55. The van der Waals surface area contributed by atoms with Crippen LogP contribution < -0.4 is 5.48 Å². The summed E-state index contributed by atoms with van der Waals surface area (Å²) >= 11 is 0. The van der Waals surface area contributed by atoms with Crippen molar-refractivity contribution >= 4 is 6.03 Å². The number of alkyl halides is 3. The Balaban J connectivity index is 2.08. The molecule has 2 aromatic rings. The Hall–Kier alpha value is -2.62. The van der Waals surface area contributed by atoms with Crippen LogP contribution in [0.4, 0.5) is 18.0 Å². The Kier molecular flexibility index (Phi) is 4.84. The Morgan fingerprint density at radius 1 is 1.35 bits per heavy atom. The van der Waals surface area contributed by atoms with E-state index in [1.165, 1.54) is 12.0 Å². The molecule has 0 fully saturated rings. The van der Waals surface area contributed by atoms with Gasteiger partial charge in [-0.25, -0.2) is 10.3 Å². The van der Waals surface area contributed by atoms with Crippen LogP contribution in [0.5, 0.6) is 0 Å². The van der Waals surface area contributed by atoms with Crippen LogP contribution in [0.25, 0.3) is 11.4 Å². The number of amides is 2. The summed E-state index contributed by atoms with van der Waals surface area (Å²) in [5, 5.41) is 3.30. The maximum Gasteiger partial charge on any atom is 0.471 e. The molecule has 0 atom stereocenters. The van der Waals surface area contributed by atoms with Crippen molar-refractivity contribution in [3.63, 3.8) is 0 Å². The molecule has 0 saturated heterocycles. The first-order chi connectivity index (χ1) is 10.8. The summed E-state index contributed by atoms with van der Waals surface area (Å²) in [6, 6.07) is 5.96. The average Bonchev–Trinajstić information content (AvgIpc) is 2.98. The predicted octanol–water partition coefficient (Wildman–Crippen LogP) is 2.46. The highest BCUT2D eigenvalue weighted by Gasteiger charge is 2.38. The molecule has 1 aromatic carbocycles. The third-order valence-corrected chi connectivity index (χ3v) is 2.84. The van der Waals surface area contributed by atoms with Crippen molar-refractivity contribution in [3.05, 3.63) is 35.7 Å². The van der Waals surface area contributed by atoms with Gasteiger partial charge in [0.2, 0.25) is 5.82 Å². The van der Waals surface area contributed by atoms with Crippen LogP contribution in [0.1, 0.15) is 11.5 Å². The predicted molar refractivity (Wildman–Crippen MR) is 71.7 cm³/mol. The first kappa shape index (κ1) is 16.7. The molecule has 23 heavy (non-hydrogen) atoms. The molecule has 0 bridgehead atoms. The minimum atomic E-state index is -4.68. The molecule has 1 heterocycles. The number of carbonyl (C=O) groups excluding carboxylic acids is 1. The van der Waals surface area contributed by atoms with E-state index in [1.54, 1.807) is 31.3 Å². The number of benzene rings is 1. The van der Waals surface area contributed by atoms with E-state index in [-0.39, 0.29) is 12.4 Å². The van der Waals surface area contributed by atoms with Gasteiger partial charge < -0.3 is 9.42 Å². The van der Waals surface area contributed by atoms with Crippen molar-refractivity contribution in [3.8, 4) is 11.4 Å². The molecule has 7 nitrogen and oxygen atoms in total. The minimum Gasteiger partial charge on any atom is -0.329 e. The molecule has 1 N–H and O–H groups in total. The molecule has 0 aliphatic carbocycles. The van der Waals surface area contributed by atoms with Crippen molar-refractivity contribution in [2.75, 3.05) is 14.2 Å². The van der Waals surface area contributed by atoms with Gasteiger partial charge in [-0.2, -0.15) is 18.2 Å². The van der Waals surface area contributed by atoms with Gasteiger partial charge in [0.05, 0.1) is 7.11 Å². The highest BCUT2D eigenvalue weighted by Crippen LogP contribution is 2.29. The van der Waals surface area contributed by atoms with E-state index in [2.05, 4.69) is 25.0 Å².